The van der Waals surface area contributed by atoms with Crippen LogP contribution in [0.3, 0.4) is 0 Å². The first-order valence-electron chi connectivity index (χ1n) is 15.1. The van der Waals surface area contributed by atoms with Crippen molar-refractivity contribution in [3.63, 3.8) is 0 Å². The van der Waals surface area contributed by atoms with Gasteiger partial charge in [0.15, 0.2) is 0 Å². The van der Waals surface area contributed by atoms with E-state index < -0.39 is 36.5 Å². The molecule has 2 aliphatic rings. The molecule has 4 N–H and O–H groups in total. The molecule has 10 heteroatoms. The lowest BCUT2D eigenvalue weighted by Crippen LogP contribution is -2.51. The number of hydrogen-bond acceptors (Lipinski definition) is 6. The zero-order valence-electron chi connectivity index (χ0n) is 24.9. The van der Waals surface area contributed by atoms with Crippen LogP contribution >= 0.6 is 0 Å². The van der Waals surface area contributed by atoms with Crippen LogP contribution in [0.5, 0.6) is 0 Å². The summed E-state index contributed by atoms with van der Waals surface area (Å²) in [6.07, 6.45) is 3.72. The third-order valence-corrected chi connectivity index (χ3v) is 7.63. The summed E-state index contributed by atoms with van der Waals surface area (Å²) in [5, 5.41) is 12.3. The number of carbonyl (C=O) groups excluding carboxylic acids is 5. The summed E-state index contributed by atoms with van der Waals surface area (Å²) in [5.74, 6) is -0.575. The van der Waals surface area contributed by atoms with E-state index in [0.29, 0.717) is 19.3 Å². The van der Waals surface area contributed by atoms with Crippen molar-refractivity contribution in [1.29, 1.82) is 0 Å². The first-order chi connectivity index (χ1) is 21.3. The Hall–Kier alpha value is -4.73. The van der Waals surface area contributed by atoms with Crippen molar-refractivity contribution in [1.82, 2.24) is 21.3 Å². The number of aldehydes is 1. The number of alkyl carbamates (subject to hydrolysis) is 1. The topological polar surface area (TPSA) is 143 Å². The Kier molecular flexibility index (Phi) is 11.9. The predicted molar refractivity (Wildman–Crippen MR) is 166 cm³/mol. The normalized spacial score (nSPS) is 16.8. The van der Waals surface area contributed by atoms with Crippen LogP contribution in [0.25, 0.3) is 10.8 Å². The molecule has 3 aromatic carbocycles. The Morgan fingerprint density at radius 2 is 1.66 bits per heavy atom. The molecule has 10 nitrogen and oxygen atoms in total. The zero-order valence-corrected chi connectivity index (χ0v) is 24.9. The van der Waals surface area contributed by atoms with Gasteiger partial charge in [0, 0.05) is 18.9 Å². The summed E-state index contributed by atoms with van der Waals surface area (Å²) in [6, 6.07) is 20.7. The largest absolute Gasteiger partial charge is 0.445 e. The Morgan fingerprint density at radius 3 is 2.34 bits per heavy atom. The SMILES string of the molecule is CC1CC1.O=CC(CC1CCNC1=O)NC(=O)CNC(=O)C(Cc1cccc2ccccc12)NC(=O)OCc1ccccc1. The number of nitrogens with one attached hydrogen (secondary N) is 4. The maximum Gasteiger partial charge on any atom is 0.408 e. The lowest BCUT2D eigenvalue weighted by Gasteiger charge is -2.20. The van der Waals surface area contributed by atoms with Crippen molar-refractivity contribution in [2.24, 2.45) is 11.8 Å². The molecule has 1 aliphatic heterocycles. The third-order valence-electron chi connectivity index (χ3n) is 7.63. The Balaban J connectivity index is 0.00000102. The van der Waals surface area contributed by atoms with Gasteiger partial charge >= 0.3 is 6.09 Å². The highest BCUT2D eigenvalue weighted by Gasteiger charge is 2.28. The highest BCUT2D eigenvalue weighted by molar-refractivity contribution is 5.92. The van der Waals surface area contributed by atoms with Gasteiger partial charge in [0.2, 0.25) is 17.7 Å². The molecule has 4 amide bonds. The molecule has 1 heterocycles. The lowest BCUT2D eigenvalue weighted by molar-refractivity contribution is -0.128. The highest BCUT2D eigenvalue weighted by Crippen LogP contribution is 2.26. The minimum atomic E-state index is -1.04. The second-order valence-corrected chi connectivity index (χ2v) is 11.3. The number of fused-ring (bicyclic) bond motifs is 1. The van der Waals surface area contributed by atoms with Crippen LogP contribution in [0.1, 0.15) is 43.7 Å². The number of carbonyl (C=O) groups is 5. The number of rotatable bonds is 12. The van der Waals surface area contributed by atoms with Crippen molar-refractivity contribution >= 4 is 40.9 Å². The van der Waals surface area contributed by atoms with Gasteiger partial charge in [-0.2, -0.15) is 0 Å². The van der Waals surface area contributed by atoms with Crippen LogP contribution in [0.4, 0.5) is 4.79 Å². The number of ether oxygens (including phenoxy) is 1. The third kappa shape index (κ3) is 10.2. The molecule has 1 aliphatic carbocycles. The first kappa shape index (κ1) is 32.2. The second kappa shape index (κ2) is 16.2. The minimum absolute atomic E-state index is 0.0315. The van der Waals surface area contributed by atoms with E-state index in [0.717, 1.165) is 27.8 Å². The van der Waals surface area contributed by atoms with E-state index >= 15 is 0 Å². The van der Waals surface area contributed by atoms with E-state index in [1.807, 2.05) is 72.8 Å². The Bertz CT molecular complexity index is 1440. The van der Waals surface area contributed by atoms with Crippen LogP contribution < -0.4 is 21.3 Å². The standard InChI is InChI=1S/C30H32N4O6.C4H8/c35-18-24(15-23-13-14-31-28(23)37)33-27(36)17-32-29(38)26(34-30(39)40-19-20-7-2-1-3-8-20)16-22-11-6-10-21-9-4-5-12-25(21)22;1-4-2-3-4/h1-12,18,23-24,26H,13-17,19H2,(H,31,37)(H,32,38)(H,33,36)(H,34,39);4H,2-3H2,1H3. The second-order valence-electron chi connectivity index (χ2n) is 11.3. The van der Waals surface area contributed by atoms with Crippen molar-refractivity contribution in [2.75, 3.05) is 13.1 Å². The molecule has 2 fully saturated rings. The fourth-order valence-corrected chi connectivity index (χ4v) is 4.85. The molecular weight excluding hydrogens is 560 g/mol. The van der Waals surface area contributed by atoms with E-state index in [4.69, 9.17) is 4.74 Å². The Morgan fingerprint density at radius 1 is 0.955 bits per heavy atom. The first-order valence-corrected chi connectivity index (χ1v) is 15.1. The van der Waals surface area contributed by atoms with Gasteiger partial charge in [0.1, 0.15) is 18.9 Å². The van der Waals surface area contributed by atoms with Gasteiger partial charge in [0.25, 0.3) is 0 Å². The summed E-state index contributed by atoms with van der Waals surface area (Å²) in [6.45, 7) is 2.44. The average molecular weight is 601 g/mol. The molecule has 0 radical (unpaired) electrons. The van der Waals surface area contributed by atoms with E-state index in [9.17, 15) is 24.0 Å². The van der Waals surface area contributed by atoms with Gasteiger partial charge in [-0.25, -0.2) is 4.79 Å². The summed E-state index contributed by atoms with van der Waals surface area (Å²) < 4.78 is 5.32. The molecule has 1 saturated heterocycles. The lowest BCUT2D eigenvalue weighted by atomic mass is 9.98. The molecule has 5 rings (SSSR count). The Labute approximate surface area is 257 Å². The minimum Gasteiger partial charge on any atom is -0.445 e. The van der Waals surface area contributed by atoms with Crippen LogP contribution in [-0.2, 0) is 36.9 Å². The molecule has 3 atom stereocenters. The number of amides is 4. The molecule has 3 unspecified atom stereocenters. The monoisotopic (exact) mass is 600 g/mol. The maximum atomic E-state index is 13.2. The van der Waals surface area contributed by atoms with Crippen LogP contribution in [-0.4, -0.2) is 55.3 Å². The van der Waals surface area contributed by atoms with Gasteiger partial charge in [0.05, 0.1) is 12.6 Å². The molecule has 0 bridgehead atoms. The van der Waals surface area contributed by atoms with Gasteiger partial charge in [-0.3, -0.25) is 14.4 Å². The van der Waals surface area contributed by atoms with Crippen LogP contribution in [0.15, 0.2) is 72.8 Å². The summed E-state index contributed by atoms with van der Waals surface area (Å²) in [5.41, 5.74) is 1.63. The highest BCUT2D eigenvalue weighted by atomic mass is 16.5. The quantitative estimate of drug-likeness (QED) is 0.235. The van der Waals surface area contributed by atoms with Crippen molar-refractivity contribution in [3.05, 3.63) is 83.9 Å². The average Bonchev–Trinajstić information content (AvgIpc) is 3.73. The van der Waals surface area contributed by atoms with Crippen molar-refractivity contribution in [3.8, 4) is 0 Å². The van der Waals surface area contributed by atoms with E-state index in [-0.39, 0.29) is 31.3 Å². The van der Waals surface area contributed by atoms with Crippen molar-refractivity contribution < 1.29 is 28.7 Å². The van der Waals surface area contributed by atoms with E-state index in [2.05, 4.69) is 28.2 Å². The zero-order chi connectivity index (χ0) is 31.3. The summed E-state index contributed by atoms with van der Waals surface area (Å²) in [4.78, 5) is 61.6. The van der Waals surface area contributed by atoms with Gasteiger partial charge in [-0.15, -0.1) is 0 Å². The van der Waals surface area contributed by atoms with Gasteiger partial charge < -0.3 is 30.8 Å². The summed E-state index contributed by atoms with van der Waals surface area (Å²) >= 11 is 0. The van der Waals surface area contributed by atoms with Gasteiger partial charge in [-0.1, -0.05) is 92.6 Å². The molecule has 3 aromatic rings. The number of hydrogen-bond donors (Lipinski definition) is 4. The van der Waals surface area contributed by atoms with E-state index in [1.165, 1.54) is 12.8 Å². The molecule has 0 spiro atoms. The fraction of sp³-hybridized carbons (Fsp3) is 0.382. The van der Waals surface area contributed by atoms with Gasteiger partial charge in [-0.05, 0) is 40.7 Å². The van der Waals surface area contributed by atoms with E-state index in [1.54, 1.807) is 0 Å². The smallest absolute Gasteiger partial charge is 0.408 e. The molecule has 1 saturated carbocycles. The molecular formula is C34H40N4O6. The fourth-order valence-electron chi connectivity index (χ4n) is 4.85. The van der Waals surface area contributed by atoms with Crippen LogP contribution in [0, 0.1) is 11.8 Å². The number of benzene rings is 3. The molecule has 44 heavy (non-hydrogen) atoms. The van der Waals surface area contributed by atoms with Crippen molar-refractivity contribution in [2.45, 2.75) is 57.7 Å². The summed E-state index contributed by atoms with van der Waals surface area (Å²) in [7, 11) is 0. The van der Waals surface area contributed by atoms with Crippen LogP contribution in [0.2, 0.25) is 0 Å². The molecule has 232 valence electrons. The molecule has 0 aromatic heterocycles. The predicted octanol–water partition coefficient (Wildman–Crippen LogP) is 3.42. The maximum absolute atomic E-state index is 13.2.